The molecular weight excluding hydrogens is 431 g/mol. The number of hydrogen-bond donors (Lipinski definition) is 0. The summed E-state index contributed by atoms with van der Waals surface area (Å²) in [6, 6.07) is 25.4. The molecule has 1 aliphatic heterocycles. The molecule has 1 fully saturated rings. The van der Waals surface area contributed by atoms with Crippen molar-refractivity contribution in [2.45, 2.75) is 38.6 Å². The van der Waals surface area contributed by atoms with E-state index in [0.29, 0.717) is 18.7 Å². The summed E-state index contributed by atoms with van der Waals surface area (Å²) < 4.78 is 0.924. The zero-order valence-electron chi connectivity index (χ0n) is 17.2. The number of nitrogens with zero attached hydrogens (tertiary/aromatic N) is 1. The summed E-state index contributed by atoms with van der Waals surface area (Å²) in [5.41, 5.74) is 2.51. The zero-order valence-corrected chi connectivity index (χ0v) is 20.1. The molecule has 3 aromatic rings. The van der Waals surface area contributed by atoms with E-state index < -0.39 is 0 Å². The van der Waals surface area contributed by atoms with Gasteiger partial charge in [-0.15, -0.1) is 0 Å². The van der Waals surface area contributed by atoms with Gasteiger partial charge in [-0.3, -0.25) is 4.79 Å². The Kier molecular flexibility index (Phi) is 8.18. The third kappa shape index (κ3) is 5.84. The average molecular weight is 461 g/mol. The van der Waals surface area contributed by atoms with E-state index in [4.69, 9.17) is 0 Å². The molecule has 147 valence electrons. The van der Waals surface area contributed by atoms with Crippen LogP contribution in [-0.4, -0.2) is 29.9 Å². The molecule has 29 heavy (non-hydrogen) atoms. The van der Waals surface area contributed by atoms with Gasteiger partial charge in [0, 0.05) is 44.7 Å². The topological polar surface area (TPSA) is 17.1 Å². The quantitative estimate of drug-likeness (QED) is 0.441. The van der Waals surface area contributed by atoms with Crippen LogP contribution in [0.25, 0.3) is 10.8 Å². The third-order valence-corrected chi connectivity index (χ3v) is 6.16. The number of quaternary nitrogens is 1. The normalized spacial score (nSPS) is 16.0. The monoisotopic (exact) mass is 461 g/mol. The van der Waals surface area contributed by atoms with Gasteiger partial charge in [0.2, 0.25) is 0 Å². The summed E-state index contributed by atoms with van der Waals surface area (Å²) in [6.07, 6.45) is 5.59. The van der Waals surface area contributed by atoms with Gasteiger partial charge in [0.05, 0.1) is 13.1 Å². The molecule has 0 aromatic heterocycles. The average Bonchev–Trinajstić information content (AvgIpc) is 2.94. The van der Waals surface area contributed by atoms with Crippen molar-refractivity contribution in [3.63, 3.8) is 0 Å². The first kappa shape index (κ1) is 22.3. The molecule has 4 rings (SSSR count). The van der Waals surface area contributed by atoms with Gasteiger partial charge < -0.3 is 4.48 Å². The van der Waals surface area contributed by atoms with Crippen molar-refractivity contribution in [3.05, 3.63) is 83.9 Å². The molecule has 1 heterocycles. The number of likely N-dealkylation sites (tertiary alicyclic amines) is 1. The minimum Gasteiger partial charge on any atom is -0.314 e. The minimum absolute atomic E-state index is 0. The van der Waals surface area contributed by atoms with Gasteiger partial charge in [-0.25, -0.2) is 0 Å². The third-order valence-electron chi connectivity index (χ3n) is 6.16. The first-order chi connectivity index (χ1) is 13.7. The Morgan fingerprint density at radius 3 is 2.17 bits per heavy atom. The summed E-state index contributed by atoms with van der Waals surface area (Å²) in [4.78, 5) is 13.2. The van der Waals surface area contributed by atoms with Gasteiger partial charge >= 0.3 is 0 Å². The maximum Gasteiger partial charge on any atom is 0.191 e. The summed E-state index contributed by atoms with van der Waals surface area (Å²) in [5, 5.41) is 2.43. The van der Waals surface area contributed by atoms with Crippen LogP contribution in [0.3, 0.4) is 0 Å². The number of ketones is 1. The minimum atomic E-state index is 0. The second kappa shape index (κ2) is 10.6. The van der Waals surface area contributed by atoms with Crippen LogP contribution in [-0.2, 0) is 50.5 Å². The number of fused-ring (bicyclic) bond motifs is 1. The molecule has 1 saturated heterocycles. The summed E-state index contributed by atoms with van der Waals surface area (Å²) in [6.45, 7) is 3.87. The predicted molar refractivity (Wildman–Crippen MR) is 116 cm³/mol. The Balaban J connectivity index is 0.00000240. The van der Waals surface area contributed by atoms with E-state index in [1.54, 1.807) is 0 Å². The van der Waals surface area contributed by atoms with Crippen molar-refractivity contribution in [2.24, 2.45) is 0 Å². The van der Waals surface area contributed by atoms with Gasteiger partial charge in [0.15, 0.2) is 5.78 Å². The molecule has 0 aliphatic carbocycles. The molecule has 0 unspecified atom stereocenters. The Hall–Kier alpha value is -1.35. The summed E-state index contributed by atoms with van der Waals surface area (Å²) in [5.74, 6) is 0.370. The second-order valence-electron chi connectivity index (χ2n) is 8.36. The molecule has 0 amide bonds. The largest absolute Gasteiger partial charge is 0.314 e. The Morgan fingerprint density at radius 1 is 0.759 bits per heavy atom. The molecule has 0 atom stereocenters. The number of carbonyl (C=O) groups excluding carboxylic acids is 1. The van der Waals surface area contributed by atoms with Crippen molar-refractivity contribution in [1.82, 2.24) is 0 Å². The number of carbonyl (C=O) groups is 1. The molecule has 0 bridgehead atoms. The van der Waals surface area contributed by atoms with Crippen LogP contribution in [0.1, 0.15) is 36.8 Å². The first-order valence-electron chi connectivity index (χ1n) is 10.6. The van der Waals surface area contributed by atoms with Gasteiger partial charge in [-0.2, -0.15) is 0 Å². The molecular formula is C26H30NOY+. The van der Waals surface area contributed by atoms with Crippen LogP contribution in [0, 0.1) is 0 Å². The van der Waals surface area contributed by atoms with E-state index in [9.17, 15) is 4.79 Å². The van der Waals surface area contributed by atoms with E-state index in [-0.39, 0.29) is 32.7 Å². The van der Waals surface area contributed by atoms with Crippen LogP contribution < -0.4 is 0 Å². The van der Waals surface area contributed by atoms with Crippen LogP contribution in [0.15, 0.2) is 72.8 Å². The van der Waals surface area contributed by atoms with E-state index in [1.165, 1.54) is 42.0 Å². The van der Waals surface area contributed by atoms with Crippen LogP contribution in [0.5, 0.6) is 0 Å². The van der Waals surface area contributed by atoms with E-state index in [0.717, 1.165) is 29.7 Å². The summed E-state index contributed by atoms with van der Waals surface area (Å²) >= 11 is 0. The number of hydrogen-bond acceptors (Lipinski definition) is 1. The van der Waals surface area contributed by atoms with Gasteiger partial charge in [-0.05, 0) is 42.0 Å². The van der Waals surface area contributed by atoms with Gasteiger partial charge in [0.1, 0.15) is 13.1 Å². The van der Waals surface area contributed by atoms with Crippen molar-refractivity contribution in [3.8, 4) is 0 Å². The Bertz CT molecular complexity index is 924. The molecule has 3 aromatic carbocycles. The fourth-order valence-electron chi connectivity index (χ4n) is 4.79. The Labute approximate surface area is 199 Å². The van der Waals surface area contributed by atoms with Crippen molar-refractivity contribution in [2.75, 3.05) is 19.6 Å². The number of benzene rings is 3. The fourth-order valence-corrected chi connectivity index (χ4v) is 4.79. The first-order valence-corrected chi connectivity index (χ1v) is 10.6. The molecule has 0 N–H and O–H groups in total. The van der Waals surface area contributed by atoms with E-state index >= 15 is 0 Å². The zero-order chi connectivity index (χ0) is 19.2. The van der Waals surface area contributed by atoms with Crippen LogP contribution in [0.2, 0.25) is 0 Å². The van der Waals surface area contributed by atoms with E-state index in [2.05, 4.69) is 72.8 Å². The predicted octanol–water partition coefficient (Wildman–Crippen LogP) is 5.54. The number of Topliss-reactive ketones (excluding diaryl/α,β-unsaturated/α-hetero) is 1. The maximum absolute atomic E-state index is 13.2. The van der Waals surface area contributed by atoms with Crippen LogP contribution in [0.4, 0.5) is 0 Å². The molecule has 1 radical (unpaired) electrons. The molecule has 2 nitrogen and oxygen atoms in total. The smallest absolute Gasteiger partial charge is 0.191 e. The summed E-state index contributed by atoms with van der Waals surface area (Å²) in [7, 11) is 0. The number of rotatable bonds is 6. The van der Waals surface area contributed by atoms with Crippen molar-refractivity contribution < 1.29 is 42.0 Å². The van der Waals surface area contributed by atoms with Gasteiger partial charge in [0.25, 0.3) is 0 Å². The van der Waals surface area contributed by atoms with Crippen molar-refractivity contribution in [1.29, 1.82) is 0 Å². The van der Waals surface area contributed by atoms with Crippen molar-refractivity contribution >= 4 is 16.6 Å². The molecule has 0 saturated carbocycles. The molecule has 3 heteroatoms. The maximum atomic E-state index is 13.2. The Morgan fingerprint density at radius 2 is 1.41 bits per heavy atom. The molecule has 1 aliphatic rings. The van der Waals surface area contributed by atoms with Gasteiger partial charge in [-0.1, -0.05) is 72.8 Å². The molecule has 0 spiro atoms. The standard InChI is InChI=1S/C26H30NO.Y/c28-25(19-24-15-10-14-23-13-6-7-16-26(23)24)21-27(17-8-1-2-9-18-27)20-22-11-4-3-5-12-22;/h3-7,10-16H,1-2,8-9,17-21H2;/q+1;. The fraction of sp³-hybridized carbons (Fsp3) is 0.346. The second-order valence-corrected chi connectivity index (χ2v) is 8.36. The van der Waals surface area contributed by atoms with Crippen LogP contribution >= 0.6 is 0 Å². The SMILES string of the molecule is O=C(Cc1cccc2ccccc12)C[N+]1(Cc2ccccc2)CCCCCC1.[Y]. The van der Waals surface area contributed by atoms with E-state index in [1.807, 2.05) is 0 Å².